The number of carbonyl (C=O) groups excluding carboxylic acids is 1. The summed E-state index contributed by atoms with van der Waals surface area (Å²) in [6.07, 6.45) is 3.15. The van der Waals surface area contributed by atoms with Gasteiger partial charge >= 0.3 is 16.5 Å². The van der Waals surface area contributed by atoms with Gasteiger partial charge in [-0.15, -0.1) is 10.2 Å². The van der Waals surface area contributed by atoms with Gasteiger partial charge in [0.05, 0.1) is 12.4 Å². The molecule has 0 aliphatic rings. The standard InChI is InChI=1S/C3H3N3.CH3N3O3S/c1-2-4-6-5-3-1;2-1(5)3-4-8(6)7/h1-3H;(H3,2,3,5). The van der Waals surface area contributed by atoms with Gasteiger partial charge in [0, 0.05) is 0 Å². The van der Waals surface area contributed by atoms with E-state index in [0.717, 1.165) is 0 Å². The quantitative estimate of drug-likeness (QED) is 0.550. The van der Waals surface area contributed by atoms with Crippen LogP contribution in [0.2, 0.25) is 0 Å². The van der Waals surface area contributed by atoms with Crippen LogP contribution < -0.4 is 11.2 Å². The largest absolute Gasteiger partial charge is 0.350 e. The van der Waals surface area contributed by atoms with Gasteiger partial charge in [-0.25, -0.2) is 10.2 Å². The predicted molar refractivity (Wildman–Crippen MR) is 43.9 cm³/mol. The van der Waals surface area contributed by atoms with Crippen molar-refractivity contribution < 1.29 is 13.2 Å². The molecule has 0 saturated carbocycles. The molecular formula is C4H6N6O3S. The van der Waals surface area contributed by atoms with Crippen molar-refractivity contribution in [3.8, 4) is 0 Å². The minimum atomic E-state index is -2.62. The summed E-state index contributed by atoms with van der Waals surface area (Å²) in [6.45, 7) is 0. The number of rotatable bonds is 1. The second kappa shape index (κ2) is 7.54. The van der Waals surface area contributed by atoms with Crippen molar-refractivity contribution in [2.75, 3.05) is 0 Å². The zero-order valence-electron chi connectivity index (χ0n) is 6.73. The molecule has 14 heavy (non-hydrogen) atoms. The van der Waals surface area contributed by atoms with E-state index in [-0.39, 0.29) is 0 Å². The van der Waals surface area contributed by atoms with Gasteiger partial charge in [-0.2, -0.15) is 8.42 Å². The molecule has 76 valence electrons. The summed E-state index contributed by atoms with van der Waals surface area (Å²) in [5.41, 5.74) is 5.92. The Balaban J connectivity index is 0.000000249. The number of urea groups is 1. The van der Waals surface area contributed by atoms with Crippen LogP contribution in [0.3, 0.4) is 0 Å². The maximum atomic E-state index is 9.65. The lowest BCUT2D eigenvalue weighted by Gasteiger charge is -1.80. The Morgan fingerprint density at radius 2 is 1.93 bits per heavy atom. The van der Waals surface area contributed by atoms with E-state index in [1.165, 1.54) is 5.43 Å². The van der Waals surface area contributed by atoms with Crippen molar-refractivity contribution in [3.63, 3.8) is 0 Å². The fourth-order valence-electron chi connectivity index (χ4n) is 0.287. The fourth-order valence-corrected chi connectivity index (χ4v) is 0.452. The summed E-state index contributed by atoms with van der Waals surface area (Å²) < 4.78 is 21.4. The molecule has 0 unspecified atom stereocenters. The van der Waals surface area contributed by atoms with Crippen LogP contribution in [-0.2, 0) is 10.5 Å². The molecule has 1 aromatic rings. The molecule has 0 fully saturated rings. The first-order valence-electron chi connectivity index (χ1n) is 3.07. The molecule has 3 N–H and O–H groups in total. The Morgan fingerprint density at radius 1 is 1.36 bits per heavy atom. The first-order valence-corrected chi connectivity index (χ1v) is 4.10. The van der Waals surface area contributed by atoms with Crippen molar-refractivity contribution >= 4 is 16.5 Å². The van der Waals surface area contributed by atoms with Gasteiger partial charge in [-0.3, -0.25) is 0 Å². The van der Waals surface area contributed by atoms with Crippen LogP contribution >= 0.6 is 0 Å². The van der Waals surface area contributed by atoms with E-state index >= 15 is 0 Å². The molecule has 0 bridgehead atoms. The zero-order valence-corrected chi connectivity index (χ0v) is 7.55. The average Bonchev–Trinajstić information content (AvgIpc) is 2.18. The van der Waals surface area contributed by atoms with Crippen LogP contribution in [0.1, 0.15) is 0 Å². The first-order chi connectivity index (χ1) is 6.63. The van der Waals surface area contributed by atoms with Gasteiger partial charge in [-0.05, 0) is 15.8 Å². The SMILES string of the molecule is NC(=O)NN=S(=O)=O.c1cnnnc1. The fraction of sp³-hybridized carbons (Fsp3) is 0. The number of hydrogen-bond donors (Lipinski definition) is 2. The predicted octanol–water partition coefficient (Wildman–Crippen LogP) is -1.50. The van der Waals surface area contributed by atoms with E-state index in [9.17, 15) is 13.2 Å². The zero-order chi connectivity index (χ0) is 10.8. The summed E-state index contributed by atoms with van der Waals surface area (Å²) in [4.78, 5) is 9.65. The Morgan fingerprint density at radius 3 is 2.07 bits per heavy atom. The smallest absolute Gasteiger partial charge is 0.333 e. The van der Waals surface area contributed by atoms with Crippen molar-refractivity contribution in [3.05, 3.63) is 18.5 Å². The molecule has 9 nitrogen and oxygen atoms in total. The van der Waals surface area contributed by atoms with E-state index in [2.05, 4.69) is 25.6 Å². The van der Waals surface area contributed by atoms with E-state index in [4.69, 9.17) is 0 Å². The topological polar surface area (TPSA) is 140 Å². The van der Waals surface area contributed by atoms with E-state index in [0.29, 0.717) is 0 Å². The molecular weight excluding hydrogens is 212 g/mol. The molecule has 1 aromatic heterocycles. The van der Waals surface area contributed by atoms with Crippen LogP contribution in [0.5, 0.6) is 0 Å². The Hall–Kier alpha value is -2.10. The summed E-state index contributed by atoms with van der Waals surface area (Å²) in [5, 5.41) is 10.1. The van der Waals surface area contributed by atoms with Gasteiger partial charge < -0.3 is 5.73 Å². The molecule has 1 rings (SSSR count). The summed E-state index contributed by atoms with van der Waals surface area (Å²) in [7, 11) is -2.62. The molecule has 0 aliphatic carbocycles. The number of primary amides is 1. The normalized spacial score (nSPS) is 7.71. The Kier molecular flexibility index (Phi) is 6.41. The molecule has 0 saturated heterocycles. The average molecular weight is 218 g/mol. The number of nitrogens with one attached hydrogen (secondary N) is 1. The van der Waals surface area contributed by atoms with Crippen molar-refractivity contribution in [2.24, 2.45) is 10.2 Å². The number of nitrogens with zero attached hydrogens (tertiary/aromatic N) is 4. The van der Waals surface area contributed by atoms with Crippen LogP contribution in [0.25, 0.3) is 0 Å². The number of nitrogens with two attached hydrogens (primary N) is 1. The van der Waals surface area contributed by atoms with Gasteiger partial charge in [0.15, 0.2) is 0 Å². The summed E-state index contributed by atoms with van der Waals surface area (Å²) >= 11 is 0. The highest BCUT2D eigenvalue weighted by atomic mass is 32.2. The maximum Gasteiger partial charge on any atom is 0.333 e. The van der Waals surface area contributed by atoms with Crippen LogP contribution in [0, 0.1) is 0 Å². The molecule has 0 aliphatic heterocycles. The number of carbonyl (C=O) groups is 1. The Bertz CT molecular complexity index is 354. The first kappa shape index (κ1) is 11.9. The van der Waals surface area contributed by atoms with E-state index < -0.39 is 16.5 Å². The third kappa shape index (κ3) is 9.90. The maximum absolute atomic E-state index is 9.65. The van der Waals surface area contributed by atoms with Gasteiger partial charge in [-0.1, -0.05) is 0 Å². The minimum Gasteiger partial charge on any atom is -0.350 e. The van der Waals surface area contributed by atoms with Crippen LogP contribution in [-0.4, -0.2) is 29.9 Å². The molecule has 10 heteroatoms. The van der Waals surface area contributed by atoms with Crippen molar-refractivity contribution in [1.82, 2.24) is 20.8 Å². The van der Waals surface area contributed by atoms with Crippen LogP contribution in [0.15, 0.2) is 22.9 Å². The molecule has 0 radical (unpaired) electrons. The molecule has 0 aromatic carbocycles. The number of hydrogen-bond acceptors (Lipinski definition) is 7. The summed E-state index contributed by atoms with van der Waals surface area (Å²) in [5.74, 6) is 0. The third-order valence-corrected chi connectivity index (χ3v) is 0.879. The highest BCUT2D eigenvalue weighted by molar-refractivity contribution is 7.61. The molecule has 0 spiro atoms. The molecule has 1 heterocycles. The van der Waals surface area contributed by atoms with Gasteiger partial charge in [0.2, 0.25) is 0 Å². The lowest BCUT2D eigenvalue weighted by atomic mass is 10.7. The monoisotopic (exact) mass is 218 g/mol. The van der Waals surface area contributed by atoms with Crippen molar-refractivity contribution in [1.29, 1.82) is 0 Å². The molecule has 2 amide bonds. The van der Waals surface area contributed by atoms with E-state index in [1.54, 1.807) is 18.5 Å². The van der Waals surface area contributed by atoms with Gasteiger partial charge in [0.1, 0.15) is 0 Å². The van der Waals surface area contributed by atoms with E-state index in [1.807, 2.05) is 0 Å². The summed E-state index contributed by atoms with van der Waals surface area (Å²) in [6, 6.07) is 0.710. The lowest BCUT2D eigenvalue weighted by molar-refractivity contribution is 0.249. The Labute approximate surface area is 80.0 Å². The van der Waals surface area contributed by atoms with Crippen LogP contribution in [0.4, 0.5) is 4.79 Å². The number of aromatic nitrogens is 3. The number of amides is 2. The lowest BCUT2D eigenvalue weighted by Crippen LogP contribution is -2.23. The second-order valence-corrected chi connectivity index (χ2v) is 2.21. The van der Waals surface area contributed by atoms with Gasteiger partial charge in [0.25, 0.3) is 0 Å². The molecule has 0 atom stereocenters. The highest BCUT2D eigenvalue weighted by Crippen LogP contribution is 1.61. The second-order valence-electron chi connectivity index (χ2n) is 1.60. The third-order valence-electron chi connectivity index (χ3n) is 0.639. The van der Waals surface area contributed by atoms with Crippen molar-refractivity contribution in [2.45, 2.75) is 0 Å². The minimum absolute atomic E-state index is 1.01. The highest BCUT2D eigenvalue weighted by Gasteiger charge is 1.82.